The molecule has 0 bridgehead atoms. The number of hydrogen-bond acceptors (Lipinski definition) is 3. The van der Waals surface area contributed by atoms with E-state index in [0.717, 1.165) is 25.9 Å². The second kappa shape index (κ2) is 7.45. The first-order chi connectivity index (χ1) is 10.8. The third kappa shape index (κ3) is 4.12. The Hall–Kier alpha value is -1.40. The van der Waals surface area contributed by atoms with Crippen LogP contribution >= 0.6 is 0 Å². The smallest absolute Gasteiger partial charge is 0.253 e. The zero-order valence-corrected chi connectivity index (χ0v) is 15.0. The molecule has 23 heavy (non-hydrogen) atoms. The Balaban J connectivity index is 2.17. The molecule has 1 aliphatic heterocycles. The summed E-state index contributed by atoms with van der Waals surface area (Å²) >= 11 is 0. The van der Waals surface area contributed by atoms with Gasteiger partial charge in [0, 0.05) is 31.7 Å². The second-order valence-corrected chi connectivity index (χ2v) is 8.34. The standard InChI is InChI=1S/C17H26N2O3S/c1-14(2)18(3)23(21,22)16-10-8-15(9-11-16)17(20)19-12-6-4-5-7-13-19/h8-11,14H,4-7,12-13H2,1-3H3. The first-order valence-corrected chi connectivity index (χ1v) is 9.65. The fraction of sp³-hybridized carbons (Fsp3) is 0.588. The second-order valence-electron chi connectivity index (χ2n) is 6.35. The van der Waals surface area contributed by atoms with Crippen LogP contribution in [0.1, 0.15) is 49.9 Å². The number of carbonyl (C=O) groups is 1. The predicted octanol–water partition coefficient (Wildman–Crippen LogP) is 2.73. The minimum Gasteiger partial charge on any atom is -0.339 e. The van der Waals surface area contributed by atoms with Crippen LogP contribution in [-0.2, 0) is 10.0 Å². The van der Waals surface area contributed by atoms with Gasteiger partial charge in [0.15, 0.2) is 0 Å². The number of amides is 1. The monoisotopic (exact) mass is 338 g/mol. The molecule has 1 heterocycles. The average molecular weight is 338 g/mol. The minimum absolute atomic E-state index is 0.00642. The number of sulfonamides is 1. The first-order valence-electron chi connectivity index (χ1n) is 8.21. The average Bonchev–Trinajstić information content (AvgIpc) is 2.82. The highest BCUT2D eigenvalue weighted by Crippen LogP contribution is 2.19. The molecule has 1 aliphatic rings. The summed E-state index contributed by atoms with van der Waals surface area (Å²) in [5, 5.41) is 0. The Bertz CT molecular complexity index is 630. The summed E-state index contributed by atoms with van der Waals surface area (Å²) < 4.78 is 26.2. The van der Waals surface area contributed by atoms with Crippen molar-refractivity contribution in [3.8, 4) is 0 Å². The summed E-state index contributed by atoms with van der Waals surface area (Å²) in [4.78, 5) is 14.6. The van der Waals surface area contributed by atoms with Crippen molar-refractivity contribution in [3.05, 3.63) is 29.8 Å². The van der Waals surface area contributed by atoms with Crippen molar-refractivity contribution in [2.24, 2.45) is 0 Å². The van der Waals surface area contributed by atoms with Gasteiger partial charge in [0.1, 0.15) is 0 Å². The maximum Gasteiger partial charge on any atom is 0.253 e. The normalized spacial score (nSPS) is 16.7. The lowest BCUT2D eigenvalue weighted by molar-refractivity contribution is 0.0761. The third-order valence-electron chi connectivity index (χ3n) is 4.40. The van der Waals surface area contributed by atoms with E-state index in [-0.39, 0.29) is 16.8 Å². The molecule has 0 aromatic heterocycles. The molecule has 6 heteroatoms. The molecule has 2 rings (SSSR count). The molecule has 0 saturated carbocycles. The van der Waals surface area contributed by atoms with Crippen LogP contribution in [0.5, 0.6) is 0 Å². The highest BCUT2D eigenvalue weighted by molar-refractivity contribution is 7.89. The van der Waals surface area contributed by atoms with E-state index in [0.29, 0.717) is 5.56 Å². The first kappa shape index (κ1) is 17.9. The number of carbonyl (C=O) groups excluding carboxylic acids is 1. The fourth-order valence-corrected chi connectivity index (χ4v) is 4.04. The van der Waals surface area contributed by atoms with Crippen LogP contribution in [-0.4, -0.2) is 49.7 Å². The van der Waals surface area contributed by atoms with Crippen LogP contribution in [0.15, 0.2) is 29.2 Å². The maximum atomic E-state index is 12.5. The Morgan fingerprint density at radius 2 is 1.57 bits per heavy atom. The Morgan fingerprint density at radius 1 is 1.04 bits per heavy atom. The molecular weight excluding hydrogens is 312 g/mol. The van der Waals surface area contributed by atoms with Crippen LogP contribution in [0.25, 0.3) is 0 Å². The van der Waals surface area contributed by atoms with Gasteiger partial charge in [-0.05, 0) is 51.0 Å². The molecule has 1 aromatic carbocycles. The molecule has 1 amide bonds. The molecule has 0 radical (unpaired) electrons. The van der Waals surface area contributed by atoms with Crippen LogP contribution in [0.2, 0.25) is 0 Å². The van der Waals surface area contributed by atoms with E-state index < -0.39 is 10.0 Å². The van der Waals surface area contributed by atoms with E-state index in [2.05, 4.69) is 0 Å². The molecule has 0 unspecified atom stereocenters. The number of likely N-dealkylation sites (tertiary alicyclic amines) is 1. The lowest BCUT2D eigenvalue weighted by Crippen LogP contribution is -2.33. The van der Waals surface area contributed by atoms with Gasteiger partial charge in [-0.2, -0.15) is 4.31 Å². The number of rotatable bonds is 4. The van der Waals surface area contributed by atoms with Crippen molar-refractivity contribution < 1.29 is 13.2 Å². The van der Waals surface area contributed by atoms with Crippen LogP contribution in [0.4, 0.5) is 0 Å². The van der Waals surface area contributed by atoms with Gasteiger partial charge in [-0.3, -0.25) is 4.79 Å². The summed E-state index contributed by atoms with van der Waals surface area (Å²) in [5.74, 6) is -0.00642. The zero-order chi connectivity index (χ0) is 17.0. The van der Waals surface area contributed by atoms with E-state index in [1.165, 1.54) is 29.3 Å². The minimum atomic E-state index is -3.50. The number of benzene rings is 1. The Morgan fingerprint density at radius 3 is 2.04 bits per heavy atom. The van der Waals surface area contributed by atoms with Crippen molar-refractivity contribution in [2.45, 2.75) is 50.5 Å². The molecule has 1 aromatic rings. The van der Waals surface area contributed by atoms with E-state index >= 15 is 0 Å². The van der Waals surface area contributed by atoms with Gasteiger partial charge in [0.25, 0.3) is 5.91 Å². The van der Waals surface area contributed by atoms with E-state index in [9.17, 15) is 13.2 Å². The third-order valence-corrected chi connectivity index (χ3v) is 6.45. The van der Waals surface area contributed by atoms with E-state index in [1.807, 2.05) is 18.7 Å². The predicted molar refractivity (Wildman–Crippen MR) is 90.9 cm³/mol. The summed E-state index contributed by atoms with van der Waals surface area (Å²) in [7, 11) is -1.94. The van der Waals surface area contributed by atoms with E-state index in [1.54, 1.807) is 19.2 Å². The summed E-state index contributed by atoms with van der Waals surface area (Å²) in [6.45, 7) is 5.23. The lowest BCUT2D eigenvalue weighted by atomic mass is 10.2. The van der Waals surface area contributed by atoms with E-state index in [4.69, 9.17) is 0 Å². The molecule has 0 N–H and O–H groups in total. The molecule has 0 aliphatic carbocycles. The van der Waals surface area contributed by atoms with Gasteiger partial charge in [0.2, 0.25) is 10.0 Å². The van der Waals surface area contributed by atoms with Crippen molar-refractivity contribution in [1.29, 1.82) is 0 Å². The molecule has 128 valence electrons. The van der Waals surface area contributed by atoms with Gasteiger partial charge in [-0.15, -0.1) is 0 Å². The van der Waals surface area contributed by atoms with Crippen LogP contribution < -0.4 is 0 Å². The van der Waals surface area contributed by atoms with Crippen LogP contribution in [0.3, 0.4) is 0 Å². The van der Waals surface area contributed by atoms with Crippen molar-refractivity contribution in [1.82, 2.24) is 9.21 Å². The Kier molecular flexibility index (Phi) is 5.81. The highest BCUT2D eigenvalue weighted by Gasteiger charge is 2.24. The van der Waals surface area contributed by atoms with Gasteiger partial charge in [0.05, 0.1) is 4.90 Å². The molecular formula is C17H26N2O3S. The Labute approximate surface area is 139 Å². The zero-order valence-electron chi connectivity index (χ0n) is 14.2. The highest BCUT2D eigenvalue weighted by atomic mass is 32.2. The molecule has 0 atom stereocenters. The summed E-state index contributed by atoms with van der Waals surface area (Å²) in [6, 6.07) is 6.18. The van der Waals surface area contributed by atoms with Gasteiger partial charge in [-0.1, -0.05) is 12.8 Å². The largest absolute Gasteiger partial charge is 0.339 e. The van der Waals surface area contributed by atoms with Crippen molar-refractivity contribution in [3.63, 3.8) is 0 Å². The fourth-order valence-electron chi connectivity index (χ4n) is 2.67. The molecule has 1 fully saturated rings. The maximum absolute atomic E-state index is 12.5. The molecule has 5 nitrogen and oxygen atoms in total. The number of hydrogen-bond donors (Lipinski definition) is 0. The van der Waals surface area contributed by atoms with Crippen molar-refractivity contribution in [2.75, 3.05) is 20.1 Å². The summed E-state index contributed by atoms with van der Waals surface area (Å²) in [6.07, 6.45) is 4.42. The number of nitrogens with zero attached hydrogens (tertiary/aromatic N) is 2. The quantitative estimate of drug-likeness (QED) is 0.848. The topological polar surface area (TPSA) is 57.7 Å². The summed E-state index contributed by atoms with van der Waals surface area (Å²) in [5.41, 5.74) is 0.554. The van der Waals surface area contributed by atoms with Crippen molar-refractivity contribution >= 4 is 15.9 Å². The van der Waals surface area contributed by atoms with Crippen LogP contribution in [0, 0.1) is 0 Å². The van der Waals surface area contributed by atoms with Gasteiger partial charge >= 0.3 is 0 Å². The van der Waals surface area contributed by atoms with Gasteiger partial charge < -0.3 is 4.90 Å². The van der Waals surface area contributed by atoms with Gasteiger partial charge in [-0.25, -0.2) is 8.42 Å². The SMILES string of the molecule is CC(C)N(C)S(=O)(=O)c1ccc(C(=O)N2CCCCCC2)cc1. The molecule has 0 spiro atoms. The lowest BCUT2D eigenvalue weighted by Gasteiger charge is -2.22. The molecule has 1 saturated heterocycles.